The molecule has 3 aliphatic carbocycles. The minimum atomic E-state index is -1.08. The number of allylic oxidation sites excluding steroid dienone is 2. The van der Waals surface area contributed by atoms with Crippen molar-refractivity contribution in [3.8, 4) is 5.75 Å². The number of carbonyl (C=O) groups is 1. The highest BCUT2D eigenvalue weighted by atomic mass is 35.5. The molecular formula is C24H23ClF2N4O2. The smallest absolute Gasteiger partial charge is 0.258 e. The molecule has 1 aromatic rings. The van der Waals surface area contributed by atoms with Gasteiger partial charge in [0.05, 0.1) is 29.4 Å². The lowest BCUT2D eigenvalue weighted by Crippen LogP contribution is -2.40. The van der Waals surface area contributed by atoms with E-state index in [1.165, 1.54) is 29.3 Å². The van der Waals surface area contributed by atoms with Gasteiger partial charge in [-0.1, -0.05) is 11.6 Å². The third kappa shape index (κ3) is 3.06. The normalized spacial score (nSPS) is 36.4. The molecular weight excluding hydrogens is 450 g/mol. The molecule has 1 aromatic carbocycles. The number of halogens is 3. The van der Waals surface area contributed by atoms with Crippen molar-refractivity contribution in [1.29, 1.82) is 5.41 Å². The Labute approximate surface area is 194 Å². The summed E-state index contributed by atoms with van der Waals surface area (Å²) in [4.78, 5) is 19.1. The largest absolute Gasteiger partial charge is 0.486 e. The second kappa shape index (κ2) is 7.13. The van der Waals surface area contributed by atoms with Crippen molar-refractivity contribution in [2.75, 3.05) is 13.1 Å². The van der Waals surface area contributed by atoms with Crippen LogP contribution in [-0.2, 0) is 0 Å². The van der Waals surface area contributed by atoms with Crippen molar-refractivity contribution in [2.45, 2.75) is 38.5 Å². The maximum Gasteiger partial charge on any atom is 0.258 e. The van der Waals surface area contributed by atoms with Crippen LogP contribution in [0.25, 0.3) is 0 Å². The van der Waals surface area contributed by atoms with Crippen LogP contribution in [0.2, 0.25) is 0 Å². The number of likely N-dealkylation sites (tertiary alicyclic amines) is 1. The van der Waals surface area contributed by atoms with E-state index in [4.69, 9.17) is 21.7 Å². The maximum atomic E-state index is 15.0. The zero-order valence-corrected chi connectivity index (χ0v) is 18.8. The molecule has 3 saturated carbocycles. The number of benzene rings is 1. The number of alkyl halides is 1. The fourth-order valence-electron chi connectivity index (χ4n) is 5.98. The standard InChI is InChI=1S/C24H23ClF2N4O2/c1-11-17(25)8-29-22(30-11)14-9-31(10-18(14)28)23(32)13-3-2-12(26)6-19(13)33-21-15-4-5-24(15)7-16(24)20(21)27/h2-3,6,8,15-16,20-21,28,30H,4-5,7,9-10H2,1H3/b22-14-,28-18?/t15?,16-,20?,21+,24?/m1/s1. The first kappa shape index (κ1) is 20.8. The Bertz CT molecular complexity index is 1190. The van der Waals surface area contributed by atoms with E-state index in [9.17, 15) is 13.6 Å². The Morgan fingerprint density at radius 1 is 1.36 bits per heavy atom. The van der Waals surface area contributed by atoms with Crippen molar-refractivity contribution < 1.29 is 18.3 Å². The number of nitrogens with one attached hydrogen (secondary N) is 2. The lowest BCUT2D eigenvalue weighted by molar-refractivity contribution is 0.0189. The van der Waals surface area contributed by atoms with Crippen LogP contribution in [0.4, 0.5) is 8.78 Å². The average molecular weight is 473 g/mol. The third-order valence-corrected chi connectivity index (χ3v) is 8.36. The highest BCUT2D eigenvalue weighted by Gasteiger charge is 2.76. The first-order valence-electron chi connectivity index (χ1n) is 11.2. The van der Waals surface area contributed by atoms with Gasteiger partial charge in [0.1, 0.15) is 29.7 Å². The fraction of sp³-hybridized carbons (Fsp3) is 0.458. The molecule has 2 N–H and O–H groups in total. The van der Waals surface area contributed by atoms with E-state index in [1.807, 2.05) is 0 Å². The topological polar surface area (TPSA) is 77.8 Å². The monoisotopic (exact) mass is 472 g/mol. The first-order valence-corrected chi connectivity index (χ1v) is 11.5. The van der Waals surface area contributed by atoms with Crippen molar-refractivity contribution >= 4 is 29.4 Å². The number of ether oxygens (including phenoxy) is 1. The van der Waals surface area contributed by atoms with Crippen LogP contribution in [-0.4, -0.2) is 48.1 Å². The van der Waals surface area contributed by atoms with E-state index in [0.717, 1.165) is 19.3 Å². The third-order valence-electron chi connectivity index (χ3n) is 7.98. The molecule has 33 heavy (non-hydrogen) atoms. The number of aliphatic imine (C=N–C) groups is 1. The zero-order valence-electron chi connectivity index (χ0n) is 18.0. The molecule has 4 fully saturated rings. The fourth-order valence-corrected chi connectivity index (χ4v) is 6.08. The summed E-state index contributed by atoms with van der Waals surface area (Å²) in [7, 11) is 0. The van der Waals surface area contributed by atoms with Crippen molar-refractivity contribution in [2.24, 2.45) is 22.2 Å². The molecule has 0 bridgehead atoms. The molecule has 2 heterocycles. The van der Waals surface area contributed by atoms with Crippen LogP contribution in [0.15, 0.2) is 45.3 Å². The van der Waals surface area contributed by atoms with Crippen molar-refractivity contribution in [3.05, 3.63) is 51.7 Å². The van der Waals surface area contributed by atoms with Gasteiger partial charge in [-0.15, -0.1) is 0 Å². The van der Waals surface area contributed by atoms with E-state index in [2.05, 4.69) is 10.3 Å². The van der Waals surface area contributed by atoms with Gasteiger partial charge in [-0.25, -0.2) is 13.8 Å². The maximum absolute atomic E-state index is 15.0. The van der Waals surface area contributed by atoms with E-state index >= 15 is 0 Å². The van der Waals surface area contributed by atoms with Crippen LogP contribution >= 0.6 is 11.6 Å². The molecule has 2 aliphatic heterocycles. The molecule has 9 heteroatoms. The molecule has 5 atom stereocenters. The van der Waals surface area contributed by atoms with Gasteiger partial charge in [0.15, 0.2) is 0 Å². The summed E-state index contributed by atoms with van der Waals surface area (Å²) in [6, 6.07) is 3.75. The molecule has 0 aromatic heterocycles. The Hall–Kier alpha value is -2.74. The van der Waals surface area contributed by atoms with Gasteiger partial charge in [-0.2, -0.15) is 0 Å². The molecule has 6 nitrogen and oxygen atoms in total. The van der Waals surface area contributed by atoms with Gasteiger partial charge in [0, 0.05) is 35.4 Å². The zero-order chi connectivity index (χ0) is 23.1. The predicted octanol–water partition coefficient (Wildman–Crippen LogP) is 4.17. The SMILES string of the molecule is CC1=C(Cl)C=N/C(=C2\CN(C(=O)c3ccc(F)cc3O[C@@H]3C(F)[C@H]4CC45CCC35)CC2=N)N1. The van der Waals surface area contributed by atoms with Crippen molar-refractivity contribution in [3.63, 3.8) is 0 Å². The summed E-state index contributed by atoms with van der Waals surface area (Å²) in [6.45, 7) is 2.06. The number of hydrogen-bond acceptors (Lipinski definition) is 5. The van der Waals surface area contributed by atoms with Crippen LogP contribution < -0.4 is 10.1 Å². The highest BCUT2D eigenvalue weighted by molar-refractivity contribution is 6.39. The second-order valence-electron chi connectivity index (χ2n) is 9.68. The Kier molecular flexibility index (Phi) is 4.50. The van der Waals surface area contributed by atoms with E-state index in [-0.39, 0.29) is 47.4 Å². The average Bonchev–Trinajstić information content (AvgIpc) is 3.41. The Balaban J connectivity index is 1.25. The van der Waals surface area contributed by atoms with Crippen molar-refractivity contribution in [1.82, 2.24) is 10.2 Å². The quantitative estimate of drug-likeness (QED) is 0.693. The van der Waals surface area contributed by atoms with Gasteiger partial charge >= 0.3 is 0 Å². The van der Waals surface area contributed by atoms with E-state index in [1.54, 1.807) is 6.92 Å². The molecule has 1 spiro atoms. The van der Waals surface area contributed by atoms with Gasteiger partial charge in [-0.3, -0.25) is 4.79 Å². The molecule has 6 rings (SSSR count). The van der Waals surface area contributed by atoms with Crippen LogP contribution in [0.5, 0.6) is 5.75 Å². The molecule has 1 saturated heterocycles. The summed E-state index contributed by atoms with van der Waals surface area (Å²) in [5.41, 5.74) is 1.81. The lowest BCUT2D eigenvalue weighted by atomic mass is 9.70. The molecule has 5 aliphatic rings. The van der Waals surface area contributed by atoms with Gasteiger partial charge in [0.2, 0.25) is 0 Å². The lowest BCUT2D eigenvalue weighted by Gasteiger charge is -2.38. The van der Waals surface area contributed by atoms with Crippen LogP contribution in [0.1, 0.15) is 36.5 Å². The Morgan fingerprint density at radius 3 is 2.88 bits per heavy atom. The summed E-state index contributed by atoms with van der Waals surface area (Å²) < 4.78 is 35.1. The minimum Gasteiger partial charge on any atom is -0.486 e. The summed E-state index contributed by atoms with van der Waals surface area (Å²) in [5, 5.41) is 11.9. The van der Waals surface area contributed by atoms with Crippen LogP contribution in [0, 0.1) is 28.5 Å². The van der Waals surface area contributed by atoms with E-state index in [0.29, 0.717) is 22.1 Å². The molecule has 172 valence electrons. The Morgan fingerprint density at radius 2 is 2.18 bits per heavy atom. The summed E-state index contributed by atoms with van der Waals surface area (Å²) in [6.07, 6.45) is 2.63. The summed E-state index contributed by atoms with van der Waals surface area (Å²) >= 11 is 6.04. The number of carbonyl (C=O) groups excluding carboxylic acids is 1. The number of amides is 1. The number of rotatable bonds is 3. The first-order chi connectivity index (χ1) is 15.8. The minimum absolute atomic E-state index is 0.0387. The van der Waals surface area contributed by atoms with Gasteiger partial charge in [0.25, 0.3) is 5.91 Å². The molecule has 1 amide bonds. The highest BCUT2D eigenvalue weighted by Crippen LogP contribution is 2.76. The number of hydrogen-bond donors (Lipinski definition) is 2. The van der Waals surface area contributed by atoms with Crippen LogP contribution in [0.3, 0.4) is 0 Å². The molecule has 3 unspecified atom stereocenters. The number of nitrogens with zero attached hydrogens (tertiary/aromatic N) is 2. The van der Waals surface area contributed by atoms with Gasteiger partial charge < -0.3 is 20.4 Å². The van der Waals surface area contributed by atoms with E-state index < -0.39 is 24.0 Å². The summed E-state index contributed by atoms with van der Waals surface area (Å²) in [5.74, 6) is -0.204. The van der Waals surface area contributed by atoms with Gasteiger partial charge in [-0.05, 0) is 43.7 Å². The second-order valence-corrected chi connectivity index (χ2v) is 10.1. The predicted molar refractivity (Wildman–Crippen MR) is 120 cm³/mol. The molecule has 0 radical (unpaired) electrons.